The summed E-state index contributed by atoms with van der Waals surface area (Å²) in [4.78, 5) is 0. The Morgan fingerprint density at radius 1 is 0.299 bits per heavy atom. The van der Waals surface area contributed by atoms with Crippen molar-refractivity contribution in [3.63, 3.8) is 0 Å². The second-order valence-corrected chi connectivity index (χ2v) is 21.2. The molecule has 0 spiro atoms. The summed E-state index contributed by atoms with van der Waals surface area (Å²) in [7, 11) is -2.01. The van der Waals surface area contributed by atoms with Crippen LogP contribution in [-0.2, 0) is 26.2 Å². The Morgan fingerprint density at radius 3 is 0.851 bits per heavy atom. The summed E-state index contributed by atoms with van der Waals surface area (Å²) in [5.41, 5.74) is 6.57. The van der Waals surface area contributed by atoms with Crippen molar-refractivity contribution in [1.29, 1.82) is 0 Å². The molecule has 326 valence electrons. The number of benzene rings is 10. The molecule has 0 N–H and O–H groups in total. The number of hydrogen-bond acceptors (Lipinski definition) is 0. The van der Waals surface area contributed by atoms with E-state index in [1.807, 2.05) is 60.7 Å². The fourth-order valence-corrected chi connectivity index (χ4v) is 13.2. The quantitative estimate of drug-likeness (QED) is 0.0814. The van der Waals surface area contributed by atoms with Gasteiger partial charge in [-0.1, -0.05) is 171 Å². The van der Waals surface area contributed by atoms with Gasteiger partial charge in [0.05, 0.1) is 49.4 Å². The van der Waals surface area contributed by atoms with Crippen molar-refractivity contribution in [3.8, 4) is 11.1 Å². The van der Waals surface area contributed by atoms with E-state index in [1.165, 1.54) is 53.9 Å². The molecule has 0 aliphatic rings. The molecule has 0 unspecified atom stereocenters. The Kier molecular flexibility index (Phi) is 18.6. The number of rotatable bonds is 13. The molecule has 5 heteroatoms. The van der Waals surface area contributed by atoms with Gasteiger partial charge in [0.15, 0.2) is 0 Å². The Labute approximate surface area is 420 Å². The van der Waals surface area contributed by atoms with Gasteiger partial charge in [-0.25, -0.2) is 0 Å². The second kappa shape index (κ2) is 25.6. The van der Waals surface area contributed by atoms with Gasteiger partial charge in [-0.05, 0) is 81.2 Å². The SMILES string of the molecule is [CH2-]c1ccccc1.[CH2-]c1ccccc1.[Zr+4].c1ccc([PH+](CC[N-]c2ccc3ccccc3c2-c2c([N-]CC[PH+](c3ccccc3)c3ccccc3)ccc3ccccc23)c2ccccc2)cc1. The van der Waals surface area contributed by atoms with E-state index >= 15 is 0 Å². The number of fused-ring (bicyclic) bond motifs is 2. The van der Waals surface area contributed by atoms with E-state index in [2.05, 4.69) is 208 Å². The van der Waals surface area contributed by atoms with Crippen LogP contribution in [0.1, 0.15) is 11.1 Å². The van der Waals surface area contributed by atoms with Gasteiger partial charge in [-0.2, -0.15) is 49.2 Å². The van der Waals surface area contributed by atoms with Crippen LogP contribution in [-0.4, -0.2) is 25.4 Å². The van der Waals surface area contributed by atoms with Crippen molar-refractivity contribution in [2.75, 3.05) is 25.4 Å². The summed E-state index contributed by atoms with van der Waals surface area (Å²) in [5, 5.41) is 21.5. The molecule has 0 saturated carbocycles. The zero-order chi connectivity index (χ0) is 45.2. The predicted molar refractivity (Wildman–Crippen MR) is 295 cm³/mol. The molecule has 0 saturated heterocycles. The van der Waals surface area contributed by atoms with Crippen LogP contribution < -0.4 is 21.2 Å². The Bertz CT molecular complexity index is 2700. The van der Waals surface area contributed by atoms with E-state index in [4.69, 9.17) is 10.6 Å². The molecular formula is C62H56N2P2Zr+2. The summed E-state index contributed by atoms with van der Waals surface area (Å²) < 4.78 is 0. The molecule has 10 rings (SSSR count). The van der Waals surface area contributed by atoms with Crippen molar-refractivity contribution in [3.05, 3.63) is 290 Å². The molecule has 0 atom stereocenters. The third kappa shape index (κ3) is 13.5. The number of hydrogen-bond donors (Lipinski definition) is 0. The Morgan fingerprint density at radius 2 is 0.567 bits per heavy atom. The molecule has 0 amide bonds. The third-order valence-electron chi connectivity index (χ3n) is 11.5. The predicted octanol–water partition coefficient (Wildman–Crippen LogP) is 15.1. The van der Waals surface area contributed by atoms with Crippen molar-refractivity contribution < 1.29 is 26.2 Å². The summed E-state index contributed by atoms with van der Waals surface area (Å²) in [5.74, 6) is 0. The summed E-state index contributed by atoms with van der Waals surface area (Å²) in [6.07, 6.45) is 2.03. The van der Waals surface area contributed by atoms with E-state index in [1.54, 1.807) is 0 Å². The zero-order valence-corrected chi connectivity index (χ0v) is 42.3. The first-order chi connectivity index (χ1) is 32.6. The average Bonchev–Trinajstić information content (AvgIpc) is 3.38. The van der Waals surface area contributed by atoms with E-state index in [9.17, 15) is 0 Å². The molecule has 0 heterocycles. The van der Waals surface area contributed by atoms with Crippen molar-refractivity contribution in [1.82, 2.24) is 0 Å². The third-order valence-corrected chi connectivity index (χ3v) is 17.1. The molecule has 0 radical (unpaired) electrons. The van der Waals surface area contributed by atoms with Crippen LogP contribution in [0.4, 0.5) is 11.4 Å². The second-order valence-electron chi connectivity index (χ2n) is 16.0. The van der Waals surface area contributed by atoms with E-state index < -0.39 is 15.8 Å². The molecule has 67 heavy (non-hydrogen) atoms. The van der Waals surface area contributed by atoms with Crippen LogP contribution in [0.5, 0.6) is 0 Å². The minimum Gasteiger partial charge on any atom is -0.681 e. The van der Waals surface area contributed by atoms with E-state index in [0.717, 1.165) is 47.9 Å². The maximum Gasteiger partial charge on any atom is 4.00 e. The van der Waals surface area contributed by atoms with Gasteiger partial charge in [0.2, 0.25) is 0 Å². The van der Waals surface area contributed by atoms with Crippen LogP contribution in [0.15, 0.2) is 255 Å². The normalized spacial score (nSPS) is 10.6. The van der Waals surface area contributed by atoms with Crippen LogP contribution in [0.2, 0.25) is 0 Å². The van der Waals surface area contributed by atoms with Crippen molar-refractivity contribution >= 4 is 70.0 Å². The average molecular weight is 982 g/mol. The van der Waals surface area contributed by atoms with Gasteiger partial charge >= 0.3 is 26.2 Å². The Hall–Kier alpha value is -6.20. The van der Waals surface area contributed by atoms with Crippen LogP contribution in [0.25, 0.3) is 43.3 Å². The smallest absolute Gasteiger partial charge is 0.681 e. The van der Waals surface area contributed by atoms with Crippen molar-refractivity contribution in [2.24, 2.45) is 0 Å². The molecule has 10 aromatic carbocycles. The zero-order valence-electron chi connectivity index (χ0n) is 37.9. The molecule has 0 fully saturated rings. The minimum atomic E-state index is -1.01. The van der Waals surface area contributed by atoms with Gasteiger partial charge in [0.25, 0.3) is 0 Å². The van der Waals surface area contributed by atoms with Crippen molar-refractivity contribution in [2.45, 2.75) is 0 Å². The van der Waals surface area contributed by atoms with Crippen LogP contribution >= 0.6 is 15.8 Å². The van der Waals surface area contributed by atoms with Gasteiger partial charge in [-0.3, -0.25) is 0 Å². The fourth-order valence-electron chi connectivity index (χ4n) is 8.31. The summed E-state index contributed by atoms with van der Waals surface area (Å²) >= 11 is 0. The van der Waals surface area contributed by atoms with Crippen LogP contribution in [0, 0.1) is 13.8 Å². The largest absolute Gasteiger partial charge is 4.00 e. The van der Waals surface area contributed by atoms with Gasteiger partial charge in [0.1, 0.15) is 0 Å². The molecule has 0 aliphatic carbocycles. The van der Waals surface area contributed by atoms with E-state index in [0.29, 0.717) is 0 Å². The molecular weight excluding hydrogens is 926 g/mol. The van der Waals surface area contributed by atoms with Gasteiger partial charge in [-0.15, -0.1) is 35.6 Å². The Balaban J connectivity index is 0.000000380. The van der Waals surface area contributed by atoms with Gasteiger partial charge in [0, 0.05) is 0 Å². The van der Waals surface area contributed by atoms with Crippen LogP contribution in [0.3, 0.4) is 0 Å². The standard InChI is InChI=1S/C48H40N2P2.2C7H7.Zr/c1-5-19-39(20-6-1)51(40-21-7-2-8-22-40)35-33-49-45-31-29-37-17-13-15-27-43(37)47(45)48-44-28-16-14-18-38(44)30-32-46(48)50-34-36-52(41-23-9-3-10-24-41)42-25-11-4-12-26-42;2*1-7-5-3-2-4-6-7;/h1-32H,33-36H2;2*2-6H,1H2;/q-2;2*-1;+4/p+2. The molecule has 0 bridgehead atoms. The van der Waals surface area contributed by atoms with E-state index in [-0.39, 0.29) is 26.2 Å². The first-order valence-corrected chi connectivity index (χ1v) is 26.1. The topological polar surface area (TPSA) is 28.2 Å². The summed E-state index contributed by atoms with van der Waals surface area (Å²) in [6, 6.07) is 90.2. The molecule has 0 aromatic heterocycles. The molecule has 0 aliphatic heterocycles. The summed E-state index contributed by atoms with van der Waals surface area (Å²) in [6.45, 7) is 8.94. The maximum absolute atomic E-state index is 5.45. The maximum atomic E-state index is 5.45. The number of nitrogens with zero attached hydrogens (tertiary/aromatic N) is 2. The first-order valence-electron chi connectivity index (χ1n) is 22.7. The first kappa shape index (κ1) is 48.7. The molecule has 10 aromatic rings. The van der Waals surface area contributed by atoms with Gasteiger partial charge < -0.3 is 10.6 Å². The minimum absolute atomic E-state index is 0. The monoisotopic (exact) mass is 980 g/mol. The fraction of sp³-hybridized carbons (Fsp3) is 0.0645. The molecule has 2 nitrogen and oxygen atoms in total.